The third-order valence-electron chi connectivity index (χ3n) is 10.3. The lowest BCUT2D eigenvalue weighted by atomic mass is 9.72. The van der Waals surface area contributed by atoms with Crippen molar-refractivity contribution >= 4 is 39.4 Å². The van der Waals surface area contributed by atoms with Gasteiger partial charge in [0, 0.05) is 49.5 Å². The Kier molecular flexibility index (Phi) is 12.9. The number of carbonyl (C=O) groups excluding carboxylic acids is 3. The fourth-order valence-corrected chi connectivity index (χ4v) is 8.66. The normalized spacial score (nSPS) is 24.5. The number of β-amino-alcohol motifs (C(OH)–C–C–N with tert-alkyl or cyclic N) is 1. The van der Waals surface area contributed by atoms with E-state index in [9.17, 15) is 27.9 Å². The number of likely N-dealkylation sites (tertiary alicyclic amines) is 1. The van der Waals surface area contributed by atoms with Crippen LogP contribution in [0.2, 0.25) is 0 Å². The Morgan fingerprint density at radius 2 is 1.60 bits per heavy atom. The minimum absolute atomic E-state index is 0.0591. The molecule has 1 aromatic rings. The van der Waals surface area contributed by atoms with Gasteiger partial charge in [-0.2, -0.15) is 11.8 Å². The first kappa shape index (κ1) is 38.5. The number of aliphatic hydroxyl groups excluding tert-OH is 1. The first-order valence-electron chi connectivity index (χ1n) is 17.4. The van der Waals surface area contributed by atoms with Crippen molar-refractivity contribution in [2.75, 3.05) is 43.9 Å². The van der Waals surface area contributed by atoms with Crippen LogP contribution in [0.1, 0.15) is 72.3 Å². The summed E-state index contributed by atoms with van der Waals surface area (Å²) >= 11 is 1.73. The van der Waals surface area contributed by atoms with Gasteiger partial charge in [-0.05, 0) is 71.3 Å². The van der Waals surface area contributed by atoms with E-state index >= 15 is 0 Å². The summed E-state index contributed by atoms with van der Waals surface area (Å²) in [5.74, 6) is 1.68. The highest BCUT2D eigenvalue weighted by molar-refractivity contribution is 7.99. The van der Waals surface area contributed by atoms with Gasteiger partial charge in [0.25, 0.3) is 0 Å². The lowest BCUT2D eigenvalue weighted by Crippen LogP contribution is -2.65. The molecule has 3 aliphatic rings. The Bertz CT molecular complexity index is 1360. The smallest absolute Gasteiger partial charge is 0.318 e. The first-order chi connectivity index (χ1) is 22.5. The zero-order valence-corrected chi connectivity index (χ0v) is 31.2. The van der Waals surface area contributed by atoms with Crippen LogP contribution in [-0.2, 0) is 25.8 Å². The molecule has 6 atom stereocenters. The van der Waals surface area contributed by atoms with Gasteiger partial charge in [-0.3, -0.25) is 14.5 Å². The van der Waals surface area contributed by atoms with Crippen molar-refractivity contribution < 1.29 is 27.9 Å². The minimum atomic E-state index is -3.82. The standard InChI is InChI=1S/C35H57N5O6S2/c1-34(2,3)38-31(42)28-21-25-14-10-11-15-26(25)22-40(28)23-29(41)27(20-24-12-8-7-9-13-24)36-32(43)30(35(4,5)48(6,45)46)37-33(44)39-16-18-47-19-17-39/h7-9,12-13,25-30,41H,10-11,14-23H2,1-6H3,(H,36,43)(H,37,44)(H,38,42)/t25-,26+,27?,28?,29?,30+/m0/s1. The van der Waals surface area contributed by atoms with Crippen LogP contribution < -0.4 is 16.0 Å². The van der Waals surface area contributed by atoms with Crippen molar-refractivity contribution in [1.29, 1.82) is 0 Å². The number of amides is 4. The van der Waals surface area contributed by atoms with Gasteiger partial charge in [-0.1, -0.05) is 49.6 Å². The molecule has 11 nitrogen and oxygen atoms in total. The fourth-order valence-electron chi connectivity index (χ4n) is 7.16. The van der Waals surface area contributed by atoms with Gasteiger partial charge in [-0.15, -0.1) is 0 Å². The molecule has 0 aromatic heterocycles. The van der Waals surface area contributed by atoms with E-state index < -0.39 is 56.3 Å². The molecule has 4 amide bonds. The molecule has 4 rings (SSSR count). The lowest BCUT2D eigenvalue weighted by molar-refractivity contribution is -0.133. The first-order valence-corrected chi connectivity index (χ1v) is 20.4. The molecule has 4 N–H and O–H groups in total. The summed E-state index contributed by atoms with van der Waals surface area (Å²) in [4.78, 5) is 44.8. The van der Waals surface area contributed by atoms with E-state index in [1.807, 2.05) is 51.1 Å². The van der Waals surface area contributed by atoms with Crippen LogP contribution in [0.25, 0.3) is 0 Å². The molecule has 0 bridgehead atoms. The average molecular weight is 708 g/mol. The van der Waals surface area contributed by atoms with Crippen LogP contribution in [0, 0.1) is 11.8 Å². The molecule has 0 spiro atoms. The second-order valence-electron chi connectivity index (χ2n) is 15.5. The fraction of sp³-hybridized carbons (Fsp3) is 0.743. The quantitative estimate of drug-likeness (QED) is 0.275. The molecule has 0 radical (unpaired) electrons. The Morgan fingerprint density at radius 3 is 2.21 bits per heavy atom. The Balaban J connectivity index is 1.60. The van der Waals surface area contributed by atoms with Crippen LogP contribution in [0.3, 0.4) is 0 Å². The van der Waals surface area contributed by atoms with E-state index in [2.05, 4.69) is 20.9 Å². The van der Waals surface area contributed by atoms with Gasteiger partial charge in [0.1, 0.15) is 6.04 Å². The van der Waals surface area contributed by atoms with Gasteiger partial charge in [0.15, 0.2) is 9.84 Å². The topological polar surface area (TPSA) is 148 Å². The van der Waals surface area contributed by atoms with Crippen LogP contribution in [0.5, 0.6) is 0 Å². The molecule has 48 heavy (non-hydrogen) atoms. The van der Waals surface area contributed by atoms with Crippen LogP contribution >= 0.6 is 11.8 Å². The zero-order chi connectivity index (χ0) is 35.3. The van der Waals surface area contributed by atoms with Gasteiger partial charge >= 0.3 is 6.03 Å². The van der Waals surface area contributed by atoms with Crippen molar-refractivity contribution in [2.45, 2.75) is 108 Å². The summed E-state index contributed by atoms with van der Waals surface area (Å²) in [6.07, 6.45) is 5.49. The number of hydrogen-bond donors (Lipinski definition) is 4. The molecule has 1 aliphatic carbocycles. The number of carbonyl (C=O) groups is 3. The van der Waals surface area contributed by atoms with E-state index in [0.717, 1.165) is 49.0 Å². The zero-order valence-electron chi connectivity index (χ0n) is 29.5. The van der Waals surface area contributed by atoms with Crippen molar-refractivity contribution in [2.24, 2.45) is 11.8 Å². The van der Waals surface area contributed by atoms with E-state index in [1.54, 1.807) is 16.7 Å². The number of nitrogens with zero attached hydrogens (tertiary/aromatic N) is 2. The third kappa shape index (κ3) is 10.1. The molecule has 2 heterocycles. The molecular weight excluding hydrogens is 651 g/mol. The van der Waals surface area contributed by atoms with Crippen molar-refractivity contribution in [3.05, 3.63) is 35.9 Å². The lowest BCUT2D eigenvalue weighted by Gasteiger charge is -2.47. The highest BCUT2D eigenvalue weighted by Gasteiger charge is 2.46. The summed E-state index contributed by atoms with van der Waals surface area (Å²) < 4.78 is 24.4. The molecule has 3 unspecified atom stereocenters. The van der Waals surface area contributed by atoms with Crippen LogP contribution in [0.4, 0.5) is 4.79 Å². The summed E-state index contributed by atoms with van der Waals surface area (Å²) in [5.41, 5.74) is 0.469. The largest absolute Gasteiger partial charge is 0.390 e. The number of benzene rings is 1. The summed E-state index contributed by atoms with van der Waals surface area (Å²) in [6, 6.07) is 6.34. The number of rotatable bonds is 11. The summed E-state index contributed by atoms with van der Waals surface area (Å²) in [6.45, 7) is 10.6. The number of thioether (sulfide) groups is 1. The van der Waals surface area contributed by atoms with E-state index in [1.165, 1.54) is 20.3 Å². The predicted octanol–water partition coefficient (Wildman–Crippen LogP) is 2.82. The molecule has 13 heteroatoms. The molecule has 2 saturated heterocycles. The maximum atomic E-state index is 14.2. The van der Waals surface area contributed by atoms with Crippen molar-refractivity contribution in [3.8, 4) is 0 Å². The van der Waals surface area contributed by atoms with Gasteiger partial charge in [-0.25, -0.2) is 13.2 Å². The highest BCUT2D eigenvalue weighted by atomic mass is 32.2. The van der Waals surface area contributed by atoms with Crippen molar-refractivity contribution in [1.82, 2.24) is 25.8 Å². The molecule has 2 aliphatic heterocycles. The molecule has 1 aromatic carbocycles. The second kappa shape index (κ2) is 16.1. The summed E-state index contributed by atoms with van der Waals surface area (Å²) in [7, 11) is -3.82. The number of aliphatic hydroxyl groups is 1. The van der Waals surface area contributed by atoms with Gasteiger partial charge < -0.3 is 26.0 Å². The Hall–Kier alpha value is -2.35. The Morgan fingerprint density at radius 1 is 0.979 bits per heavy atom. The monoisotopic (exact) mass is 707 g/mol. The summed E-state index contributed by atoms with van der Waals surface area (Å²) in [5, 5.41) is 20.8. The number of fused-ring (bicyclic) bond motifs is 1. The maximum absolute atomic E-state index is 14.2. The van der Waals surface area contributed by atoms with E-state index in [4.69, 9.17) is 0 Å². The number of urea groups is 1. The molecular formula is C35H57N5O6S2. The van der Waals surface area contributed by atoms with Gasteiger partial charge in [0.05, 0.1) is 22.9 Å². The predicted molar refractivity (Wildman–Crippen MR) is 192 cm³/mol. The third-order valence-corrected chi connectivity index (χ3v) is 13.4. The second-order valence-corrected chi connectivity index (χ2v) is 19.3. The van der Waals surface area contributed by atoms with Crippen LogP contribution in [0.15, 0.2) is 30.3 Å². The highest BCUT2D eigenvalue weighted by Crippen LogP contribution is 2.39. The van der Waals surface area contributed by atoms with E-state index in [-0.39, 0.29) is 18.9 Å². The number of hydrogen-bond acceptors (Lipinski definition) is 8. The van der Waals surface area contributed by atoms with Gasteiger partial charge in [0.2, 0.25) is 11.8 Å². The average Bonchev–Trinajstić information content (AvgIpc) is 3.02. The Labute approximate surface area is 291 Å². The SMILES string of the molecule is CC(C)(C)NC(=O)C1C[C@@H]2CCCC[C@@H]2CN1CC(O)C(Cc1ccccc1)NC(=O)[C@@H](NC(=O)N1CCSCC1)C(C)(C)S(C)(=O)=O. The number of piperidine rings is 1. The van der Waals surface area contributed by atoms with Crippen LogP contribution in [-0.4, -0.2) is 120 Å². The van der Waals surface area contributed by atoms with Crippen molar-refractivity contribution in [3.63, 3.8) is 0 Å². The molecule has 1 saturated carbocycles. The maximum Gasteiger partial charge on any atom is 0.318 e. The molecule has 270 valence electrons. The number of nitrogens with one attached hydrogen (secondary N) is 3. The number of sulfone groups is 1. The minimum Gasteiger partial charge on any atom is -0.390 e. The van der Waals surface area contributed by atoms with E-state index in [0.29, 0.717) is 31.5 Å². The molecule has 3 fully saturated rings.